The van der Waals surface area contributed by atoms with Gasteiger partial charge in [-0.05, 0) is 56.3 Å². The lowest BCUT2D eigenvalue weighted by molar-refractivity contribution is -0.405. The summed E-state index contributed by atoms with van der Waals surface area (Å²) in [6.45, 7) is 18.2. The molecular weight excluding hydrogens is 784 g/mol. The van der Waals surface area contributed by atoms with E-state index in [-0.39, 0.29) is 80.2 Å². The Morgan fingerprint density at radius 2 is 1.30 bits per heavy atom. The van der Waals surface area contributed by atoms with E-state index < -0.39 is 96.3 Å². The van der Waals surface area contributed by atoms with Crippen LogP contribution in [0.3, 0.4) is 0 Å². The molecule has 16 nitrogen and oxygen atoms in total. The molecule has 0 aliphatic carbocycles. The van der Waals surface area contributed by atoms with Crippen molar-refractivity contribution in [3.63, 3.8) is 0 Å². The summed E-state index contributed by atoms with van der Waals surface area (Å²) in [6, 6.07) is 0. The van der Waals surface area contributed by atoms with Crippen LogP contribution in [0.2, 0.25) is 0 Å². The van der Waals surface area contributed by atoms with Gasteiger partial charge in [0.15, 0.2) is 17.7 Å². The minimum atomic E-state index is -1.79. The van der Waals surface area contributed by atoms with Crippen LogP contribution in [0, 0.1) is 35.5 Å². The number of carbonyl (C=O) groups is 7. The number of ether oxygens (including phenoxy) is 7. The van der Waals surface area contributed by atoms with Crippen molar-refractivity contribution >= 4 is 41.4 Å². The second-order valence-electron chi connectivity index (χ2n) is 18.2. The van der Waals surface area contributed by atoms with E-state index in [2.05, 4.69) is 0 Å². The van der Waals surface area contributed by atoms with E-state index in [1.54, 1.807) is 20.8 Å². The summed E-state index contributed by atoms with van der Waals surface area (Å²) in [6.07, 6.45) is -7.94. The molecule has 344 valence electrons. The van der Waals surface area contributed by atoms with Crippen molar-refractivity contribution in [3.8, 4) is 0 Å². The molecule has 0 bridgehead atoms. The highest BCUT2D eigenvalue weighted by atomic mass is 16.8. The van der Waals surface area contributed by atoms with Crippen molar-refractivity contribution in [1.29, 1.82) is 0 Å². The molecule has 2 rings (SSSR count). The second kappa shape index (κ2) is 23.7. The largest absolute Gasteiger partial charge is 0.469 e. The molecule has 1 spiro atoms. The molecule has 2 aliphatic rings. The summed E-state index contributed by atoms with van der Waals surface area (Å²) < 4.78 is 42.1. The number of Topliss-reactive ketones (excluding diaryl/α,β-unsaturated/α-hetero) is 2. The third-order valence-corrected chi connectivity index (χ3v) is 10.6. The van der Waals surface area contributed by atoms with Crippen LogP contribution in [0.4, 0.5) is 0 Å². The first-order valence-electron chi connectivity index (χ1n) is 21.4. The topological polar surface area (TPSA) is 225 Å². The van der Waals surface area contributed by atoms with E-state index in [1.165, 1.54) is 20.8 Å². The van der Waals surface area contributed by atoms with Crippen molar-refractivity contribution in [1.82, 2.24) is 0 Å². The Bertz CT molecular complexity index is 1470. The van der Waals surface area contributed by atoms with E-state index in [9.17, 15) is 43.8 Å². The Hall–Kier alpha value is -3.47. The molecule has 0 unspecified atom stereocenters. The number of methoxy groups -OCH3 is 1. The van der Waals surface area contributed by atoms with Crippen LogP contribution < -0.4 is 0 Å². The summed E-state index contributed by atoms with van der Waals surface area (Å²) >= 11 is 0. The molecule has 2 heterocycles. The van der Waals surface area contributed by atoms with E-state index >= 15 is 0 Å². The van der Waals surface area contributed by atoms with Gasteiger partial charge in [0.2, 0.25) is 0 Å². The molecule has 12 atom stereocenters. The van der Waals surface area contributed by atoms with Gasteiger partial charge in [0.25, 0.3) is 0 Å². The zero-order valence-corrected chi connectivity index (χ0v) is 37.8. The Morgan fingerprint density at radius 3 is 1.82 bits per heavy atom. The summed E-state index contributed by atoms with van der Waals surface area (Å²) in [5.41, 5.74) is 0. The zero-order valence-electron chi connectivity index (χ0n) is 37.8. The lowest BCUT2D eigenvalue weighted by Gasteiger charge is -2.53. The summed E-state index contributed by atoms with van der Waals surface area (Å²) in [5.74, 6) is -10.5. The molecule has 0 radical (unpaired) electrons. The standard InChI is InChI=1S/C44H72O16/c1-13-36(49)56-33(19-32(48)18-29(9)45)39(42(52)54-12)41(55-31(11)47)34(57-37(50)14-24(2)3)17-28(8)40(58-38(51)15-25(4)5)35-16-26(6)21-44(59-35)22-27(7)20-43(53,60-44)23-30(10)46/h24-28,32-35,39-41,48,53H,13-23H2,1-12H3/t26-,27+,28-,32-,33-,34+,35-,39-,40-,41-,43-,44-/m0/s1. The molecule has 2 aliphatic heterocycles. The van der Waals surface area contributed by atoms with Gasteiger partial charge in [0, 0.05) is 58.3 Å². The number of rotatable bonds is 23. The van der Waals surface area contributed by atoms with Crippen LogP contribution in [0.1, 0.15) is 147 Å². The van der Waals surface area contributed by atoms with E-state index in [0.29, 0.717) is 19.3 Å². The summed E-state index contributed by atoms with van der Waals surface area (Å²) in [4.78, 5) is 90.9. The number of esters is 5. The van der Waals surface area contributed by atoms with Crippen molar-refractivity contribution in [2.24, 2.45) is 35.5 Å². The maximum atomic E-state index is 13.8. The first kappa shape index (κ1) is 52.7. The number of aliphatic hydroxyl groups excluding tert-OH is 1. The average molecular weight is 857 g/mol. The van der Waals surface area contributed by atoms with Crippen LogP contribution in [-0.4, -0.2) is 107 Å². The Kier molecular flexibility index (Phi) is 20.8. The highest BCUT2D eigenvalue weighted by Gasteiger charge is 2.55. The van der Waals surface area contributed by atoms with Crippen LogP contribution in [0.25, 0.3) is 0 Å². The van der Waals surface area contributed by atoms with Crippen LogP contribution in [-0.2, 0) is 66.7 Å². The van der Waals surface area contributed by atoms with Gasteiger partial charge in [0.05, 0.1) is 25.7 Å². The van der Waals surface area contributed by atoms with Crippen LogP contribution in [0.5, 0.6) is 0 Å². The highest BCUT2D eigenvalue weighted by molar-refractivity contribution is 5.78. The van der Waals surface area contributed by atoms with Gasteiger partial charge in [0.1, 0.15) is 35.8 Å². The van der Waals surface area contributed by atoms with E-state index in [1.807, 2.05) is 27.7 Å². The third kappa shape index (κ3) is 17.1. The fraction of sp³-hybridized carbons (Fsp3) is 0.841. The highest BCUT2D eigenvalue weighted by Crippen LogP contribution is 2.48. The normalized spacial score (nSPS) is 26.5. The maximum absolute atomic E-state index is 13.8. The van der Waals surface area contributed by atoms with Gasteiger partial charge >= 0.3 is 29.8 Å². The first-order valence-corrected chi connectivity index (χ1v) is 21.4. The average Bonchev–Trinajstić information content (AvgIpc) is 3.06. The Morgan fingerprint density at radius 1 is 0.733 bits per heavy atom. The molecular formula is C44H72O16. The maximum Gasteiger partial charge on any atom is 0.316 e. The number of hydrogen-bond donors (Lipinski definition) is 2. The first-order chi connectivity index (χ1) is 27.8. The van der Waals surface area contributed by atoms with Crippen molar-refractivity contribution in [3.05, 3.63) is 0 Å². The fourth-order valence-electron chi connectivity index (χ4n) is 8.66. The molecule has 0 amide bonds. The quantitative estimate of drug-likeness (QED) is 0.0979. The third-order valence-electron chi connectivity index (χ3n) is 10.6. The SMILES string of the molecule is CCC(=O)O[C@@H](C[C@@H](O)CC(C)=O)[C@H](C(=O)OC)[C@@H](OC(C)=O)[C@@H](C[C@H](C)[C@H](OC(=O)CC(C)C)[C@@H]1C[C@H](C)C[C@]2(C[C@H](C)C[C@@](O)(CC(C)=O)O2)O1)OC(=O)CC(C)C. The summed E-state index contributed by atoms with van der Waals surface area (Å²) in [7, 11) is 1.07. The predicted octanol–water partition coefficient (Wildman–Crippen LogP) is 5.33. The summed E-state index contributed by atoms with van der Waals surface area (Å²) in [5, 5.41) is 22.4. The lowest BCUT2D eigenvalue weighted by Crippen LogP contribution is -2.59. The molecule has 60 heavy (non-hydrogen) atoms. The minimum Gasteiger partial charge on any atom is -0.469 e. The van der Waals surface area contributed by atoms with Gasteiger partial charge in [-0.15, -0.1) is 0 Å². The van der Waals surface area contributed by atoms with Gasteiger partial charge in [-0.1, -0.05) is 55.4 Å². The van der Waals surface area contributed by atoms with E-state index in [0.717, 1.165) is 14.0 Å². The monoisotopic (exact) mass is 856 g/mol. The lowest BCUT2D eigenvalue weighted by atomic mass is 9.78. The number of carbonyl (C=O) groups excluding carboxylic acids is 7. The smallest absolute Gasteiger partial charge is 0.316 e. The molecule has 2 fully saturated rings. The van der Waals surface area contributed by atoms with Crippen molar-refractivity contribution in [2.45, 2.75) is 195 Å². The van der Waals surface area contributed by atoms with Gasteiger partial charge < -0.3 is 43.4 Å². The number of hydrogen-bond acceptors (Lipinski definition) is 16. The number of ketones is 2. The molecule has 2 saturated heterocycles. The molecule has 0 aromatic heterocycles. The minimum absolute atomic E-state index is 0.0584. The van der Waals surface area contributed by atoms with Crippen LogP contribution >= 0.6 is 0 Å². The molecule has 0 saturated carbocycles. The van der Waals surface area contributed by atoms with Gasteiger partial charge in [-0.3, -0.25) is 33.6 Å². The number of aliphatic hydroxyl groups is 2. The van der Waals surface area contributed by atoms with Crippen molar-refractivity contribution < 1.29 is 76.9 Å². The van der Waals surface area contributed by atoms with Crippen molar-refractivity contribution in [2.75, 3.05) is 7.11 Å². The predicted molar refractivity (Wildman–Crippen MR) is 215 cm³/mol. The van der Waals surface area contributed by atoms with Crippen LogP contribution in [0.15, 0.2) is 0 Å². The van der Waals surface area contributed by atoms with Gasteiger partial charge in [-0.25, -0.2) is 0 Å². The van der Waals surface area contributed by atoms with Gasteiger partial charge in [-0.2, -0.15) is 0 Å². The van der Waals surface area contributed by atoms with E-state index in [4.69, 9.17) is 33.2 Å². The molecule has 0 aromatic rings. The zero-order chi connectivity index (χ0) is 45.7. The Labute approximate surface area is 355 Å². The Balaban J connectivity index is 2.79. The molecule has 2 N–H and O–H groups in total. The molecule has 0 aromatic carbocycles. The second-order valence-corrected chi connectivity index (χ2v) is 18.2. The molecule has 16 heteroatoms. The fourth-order valence-corrected chi connectivity index (χ4v) is 8.66.